The molecule has 0 saturated carbocycles. The zero-order valence-corrected chi connectivity index (χ0v) is 64.8. The minimum atomic E-state index is 1.01. The van der Waals surface area contributed by atoms with Crippen LogP contribution in [0.5, 0.6) is 0 Å². The van der Waals surface area contributed by atoms with Gasteiger partial charge in [-0.25, -0.2) is 0 Å². The second-order valence-electron chi connectivity index (χ2n) is 30.3. The lowest BCUT2D eigenvalue weighted by Gasteiger charge is -2.10. The van der Waals surface area contributed by atoms with Crippen LogP contribution in [0.25, 0.3) is 210 Å². The molecule has 13 aromatic carbocycles. The van der Waals surface area contributed by atoms with Gasteiger partial charge in [0.1, 0.15) is 0 Å². The summed E-state index contributed by atoms with van der Waals surface area (Å²) in [4.78, 5) is 27.8. The van der Waals surface area contributed by atoms with Crippen molar-refractivity contribution in [3.05, 3.63) is 426 Å². The van der Waals surface area contributed by atoms with Crippen LogP contribution < -0.4 is 0 Å². The molecule has 12 heteroatoms. The Hall–Kier alpha value is -16.4. The first kappa shape index (κ1) is 69.1. The Morgan fingerprint density at radius 3 is 0.742 bits per heavy atom. The van der Waals surface area contributed by atoms with E-state index in [1.54, 1.807) is 0 Å². The Labute approximate surface area is 688 Å². The smallest absolute Gasteiger partial charge is 0.0963 e. The fraction of sp³-hybridized carbons (Fsp3) is 0. The lowest BCUT2D eigenvalue weighted by molar-refractivity contribution is 1.17. The van der Waals surface area contributed by atoms with Crippen LogP contribution in [0.15, 0.2) is 426 Å². The number of aromatic nitrogens is 12. The van der Waals surface area contributed by atoms with E-state index in [0.29, 0.717) is 0 Å². The van der Waals surface area contributed by atoms with E-state index in [9.17, 15) is 0 Å². The quantitative estimate of drug-likeness (QED) is 0.135. The van der Waals surface area contributed by atoms with Crippen LogP contribution in [0.3, 0.4) is 0 Å². The molecule has 12 aromatic heterocycles. The molecule has 25 rings (SSSR count). The Morgan fingerprint density at radius 1 is 0.142 bits per heavy atom. The zero-order chi connectivity index (χ0) is 79.1. The summed E-state index contributed by atoms with van der Waals surface area (Å²) in [6.45, 7) is 0. The minimum Gasteiger partial charge on any atom is -0.309 e. The van der Waals surface area contributed by atoms with E-state index in [2.05, 4.69) is 376 Å². The standard InChI is InChI=1S/C40H26N4.2C34H22N4/c1-3-7-27(8-4-1)28-11-15-32(16-12-28)44-37-17-13-29(23-34(37)33-19-21-42-26-40(33)44)30-14-18-38-35(24-30)36-25-41-22-20-39(36)43(38)31-9-5-2-6-10-31;1-3-9-25(10-4-1)37-29-17-15-23(21-27(29)33-31(37)13-7-19-35-33)24-16-18-30-28(22-24)34-32(14-8-20-36-34)38(30)26-11-5-2-6-12-26;1-3-8-25(9-4-1)37-30-15-13-23(20-27(30)29-22-35-19-17-32(29)37)24-14-16-31-28(21-24)34-33(12-7-18-36-34)38(31)26-10-5-2-6-11-26/h1-26H;2*1-22H. The molecule has 562 valence electrons. The Balaban J connectivity index is 0.000000105. The van der Waals surface area contributed by atoms with Crippen molar-refractivity contribution >= 4 is 131 Å². The van der Waals surface area contributed by atoms with Gasteiger partial charge < -0.3 is 27.4 Å². The highest BCUT2D eigenvalue weighted by molar-refractivity contribution is 6.16. The first-order chi connectivity index (χ1) is 59.6. The lowest BCUT2D eigenvalue weighted by atomic mass is 10.0. The molecule has 12 nitrogen and oxygen atoms in total. The number of hydrogen-bond donors (Lipinski definition) is 0. The number of para-hydroxylation sites is 5. The third-order valence-corrected chi connectivity index (χ3v) is 23.6. The molecule has 0 aliphatic heterocycles. The summed E-state index contributed by atoms with van der Waals surface area (Å²) < 4.78 is 13.8. The van der Waals surface area contributed by atoms with E-state index >= 15 is 0 Å². The van der Waals surface area contributed by atoms with Crippen molar-refractivity contribution < 1.29 is 0 Å². The normalized spacial score (nSPS) is 11.7. The number of fused-ring (bicyclic) bond motifs is 18. The van der Waals surface area contributed by atoms with E-state index in [1.165, 1.54) is 66.0 Å². The highest BCUT2D eigenvalue weighted by atomic mass is 15.0. The molecular weight excluding hydrogens is 1470 g/mol. The van der Waals surface area contributed by atoms with Crippen LogP contribution in [0.1, 0.15) is 0 Å². The van der Waals surface area contributed by atoms with Crippen molar-refractivity contribution in [3.63, 3.8) is 0 Å². The number of nitrogens with zero attached hydrogens (tertiary/aromatic N) is 12. The second kappa shape index (κ2) is 28.8. The summed E-state index contributed by atoms with van der Waals surface area (Å²) in [5.74, 6) is 0. The van der Waals surface area contributed by atoms with Gasteiger partial charge in [0.15, 0.2) is 0 Å². The van der Waals surface area contributed by atoms with Gasteiger partial charge >= 0.3 is 0 Å². The minimum absolute atomic E-state index is 1.01. The number of hydrogen-bond acceptors (Lipinski definition) is 6. The number of pyridine rings is 6. The molecule has 0 radical (unpaired) electrons. The fourth-order valence-corrected chi connectivity index (χ4v) is 18.2. The van der Waals surface area contributed by atoms with Gasteiger partial charge in [-0.1, -0.05) is 170 Å². The van der Waals surface area contributed by atoms with Gasteiger partial charge in [0.2, 0.25) is 0 Å². The summed E-state index contributed by atoms with van der Waals surface area (Å²) in [5.41, 5.74) is 33.0. The van der Waals surface area contributed by atoms with Crippen molar-refractivity contribution in [3.8, 4) is 78.6 Å². The summed E-state index contributed by atoms with van der Waals surface area (Å²) in [6.07, 6.45) is 17.2. The molecule has 25 aromatic rings. The van der Waals surface area contributed by atoms with E-state index < -0.39 is 0 Å². The van der Waals surface area contributed by atoms with Gasteiger partial charge in [-0.2, -0.15) is 0 Å². The first-order valence-electron chi connectivity index (χ1n) is 40.3. The number of rotatable bonds is 10. The van der Waals surface area contributed by atoms with Crippen LogP contribution in [0.4, 0.5) is 0 Å². The predicted molar refractivity (Wildman–Crippen MR) is 494 cm³/mol. The molecule has 12 heterocycles. The molecule has 0 aliphatic rings. The maximum Gasteiger partial charge on any atom is 0.0963 e. The van der Waals surface area contributed by atoms with Crippen LogP contribution in [-0.2, 0) is 0 Å². The molecule has 0 spiro atoms. The summed E-state index contributed by atoms with van der Waals surface area (Å²) in [7, 11) is 0. The Kier molecular flexibility index (Phi) is 16.6. The molecular formula is C108H70N12. The average molecular weight is 1540 g/mol. The van der Waals surface area contributed by atoms with E-state index in [4.69, 9.17) is 15.0 Å². The molecule has 0 fully saturated rings. The van der Waals surface area contributed by atoms with Crippen molar-refractivity contribution in [2.24, 2.45) is 0 Å². The highest BCUT2D eigenvalue weighted by Gasteiger charge is 2.22. The van der Waals surface area contributed by atoms with Gasteiger partial charge in [-0.05, 0) is 245 Å². The molecule has 0 unspecified atom stereocenters. The molecule has 0 aliphatic carbocycles. The summed E-state index contributed by atoms with van der Waals surface area (Å²) in [5, 5.41) is 10.5. The maximum atomic E-state index is 4.79. The first-order valence-corrected chi connectivity index (χ1v) is 40.3. The SMILES string of the molecule is c1ccc(-c2ccc(-n3c4ccc(-c5ccc6c(c5)c5cnccc5n6-c5ccccc5)cc4c4ccncc43)cc2)cc1.c1ccc(-n2c3ccc(-c4ccc5c(c4)c4ncccc4n5-c4ccccc4)cc3c3ncccc32)cc1.c1ccc(-n2c3ccncc3c3cc(-c4ccc5c(c4)c4ncccc4n5-c4ccccc4)ccc32)cc1. The van der Waals surface area contributed by atoms with Crippen LogP contribution in [-0.4, -0.2) is 57.3 Å². The second-order valence-corrected chi connectivity index (χ2v) is 30.3. The monoisotopic (exact) mass is 1530 g/mol. The molecule has 0 saturated heterocycles. The van der Waals surface area contributed by atoms with Gasteiger partial charge in [-0.15, -0.1) is 0 Å². The average Bonchev–Trinajstić information content (AvgIpc) is 1.61. The molecule has 0 N–H and O–H groups in total. The van der Waals surface area contributed by atoms with Crippen molar-refractivity contribution in [2.45, 2.75) is 0 Å². The summed E-state index contributed by atoms with van der Waals surface area (Å²) in [6, 6.07) is 131. The molecule has 0 bridgehead atoms. The molecule has 0 atom stereocenters. The van der Waals surface area contributed by atoms with Crippen molar-refractivity contribution in [1.82, 2.24) is 57.3 Å². The lowest BCUT2D eigenvalue weighted by Crippen LogP contribution is -1.94. The van der Waals surface area contributed by atoms with Crippen LogP contribution in [0, 0.1) is 0 Å². The Morgan fingerprint density at radius 2 is 0.392 bits per heavy atom. The number of benzene rings is 13. The van der Waals surface area contributed by atoms with Crippen molar-refractivity contribution in [2.75, 3.05) is 0 Å². The highest BCUT2D eigenvalue weighted by Crippen LogP contribution is 2.43. The largest absolute Gasteiger partial charge is 0.309 e. The molecule has 120 heavy (non-hydrogen) atoms. The topological polar surface area (TPSA) is 107 Å². The van der Waals surface area contributed by atoms with Gasteiger partial charge in [-0.3, -0.25) is 29.9 Å². The third-order valence-electron chi connectivity index (χ3n) is 23.6. The van der Waals surface area contributed by atoms with Crippen molar-refractivity contribution in [1.29, 1.82) is 0 Å². The summed E-state index contributed by atoms with van der Waals surface area (Å²) >= 11 is 0. The maximum absolute atomic E-state index is 4.79. The van der Waals surface area contributed by atoms with Crippen LogP contribution >= 0.6 is 0 Å². The van der Waals surface area contributed by atoms with E-state index in [1.807, 2.05) is 92.2 Å². The van der Waals surface area contributed by atoms with Gasteiger partial charge in [0, 0.05) is 132 Å². The van der Waals surface area contributed by atoms with Crippen LogP contribution in [0.2, 0.25) is 0 Å². The molecule has 0 amide bonds. The van der Waals surface area contributed by atoms with E-state index in [0.717, 1.165) is 144 Å². The fourth-order valence-electron chi connectivity index (χ4n) is 18.2. The zero-order valence-electron chi connectivity index (χ0n) is 64.8. The predicted octanol–water partition coefficient (Wildman–Crippen LogP) is 26.7. The Bertz CT molecular complexity index is 7630. The van der Waals surface area contributed by atoms with E-state index in [-0.39, 0.29) is 0 Å². The third kappa shape index (κ3) is 11.6. The van der Waals surface area contributed by atoms with Gasteiger partial charge in [0.05, 0.1) is 88.9 Å². The van der Waals surface area contributed by atoms with Gasteiger partial charge in [0.25, 0.3) is 0 Å².